The Labute approximate surface area is 196 Å². The van der Waals surface area contributed by atoms with Gasteiger partial charge in [0.2, 0.25) is 0 Å². The highest BCUT2D eigenvalue weighted by Gasteiger charge is 2.22. The minimum Gasteiger partial charge on any atom is -0.494 e. The molecule has 4 aromatic rings. The van der Waals surface area contributed by atoms with E-state index < -0.39 is 0 Å². The average molecular weight is 466 g/mol. The van der Waals surface area contributed by atoms with Crippen molar-refractivity contribution in [3.63, 3.8) is 0 Å². The monoisotopic (exact) mass is 465 g/mol. The molecule has 0 bridgehead atoms. The second-order valence-electron chi connectivity index (χ2n) is 7.54. The van der Waals surface area contributed by atoms with Gasteiger partial charge in [-0.15, -0.1) is 0 Å². The molecular weight excluding hydrogens is 442 g/mol. The van der Waals surface area contributed by atoms with Gasteiger partial charge in [-0.25, -0.2) is 4.98 Å². The molecule has 0 aliphatic rings. The van der Waals surface area contributed by atoms with Crippen LogP contribution in [0.2, 0.25) is 5.02 Å². The van der Waals surface area contributed by atoms with Crippen molar-refractivity contribution in [2.75, 3.05) is 11.5 Å². The Morgan fingerprint density at radius 1 is 1.12 bits per heavy atom. The summed E-state index contributed by atoms with van der Waals surface area (Å²) < 4.78 is 6.69. The highest BCUT2D eigenvalue weighted by molar-refractivity contribution is 7.22. The maximum absolute atomic E-state index is 13.6. The molecule has 5 nitrogen and oxygen atoms in total. The Kier molecular flexibility index (Phi) is 7.02. The lowest BCUT2D eigenvalue weighted by molar-refractivity contribution is 0.0985. The normalized spacial score (nSPS) is 11.0. The van der Waals surface area contributed by atoms with E-state index in [0.717, 1.165) is 39.9 Å². The van der Waals surface area contributed by atoms with Crippen molar-refractivity contribution in [1.82, 2.24) is 9.97 Å². The number of hydrogen-bond donors (Lipinski definition) is 0. The van der Waals surface area contributed by atoms with Gasteiger partial charge in [0.25, 0.3) is 5.91 Å². The van der Waals surface area contributed by atoms with Crippen molar-refractivity contribution < 1.29 is 9.53 Å². The number of carbonyl (C=O) groups excluding carboxylic acids is 1. The Balaban J connectivity index is 1.66. The van der Waals surface area contributed by atoms with E-state index in [1.165, 1.54) is 11.3 Å². The molecule has 2 aromatic carbocycles. The molecule has 0 unspecified atom stereocenters. The first-order valence-electron chi connectivity index (χ1n) is 10.6. The number of thiazole rings is 1. The van der Waals surface area contributed by atoms with Crippen molar-refractivity contribution >= 4 is 44.2 Å². The van der Waals surface area contributed by atoms with Crippen LogP contribution in [0.5, 0.6) is 5.75 Å². The van der Waals surface area contributed by atoms with Gasteiger partial charge < -0.3 is 4.74 Å². The number of rotatable bonds is 8. The maximum Gasteiger partial charge on any atom is 0.260 e. The Bertz CT molecular complexity index is 1210. The summed E-state index contributed by atoms with van der Waals surface area (Å²) in [5.74, 6) is 0.644. The molecule has 0 radical (unpaired) electrons. The van der Waals surface area contributed by atoms with E-state index in [4.69, 9.17) is 21.3 Å². The van der Waals surface area contributed by atoms with Crippen molar-refractivity contribution in [1.29, 1.82) is 0 Å². The van der Waals surface area contributed by atoms with Gasteiger partial charge in [-0.1, -0.05) is 36.3 Å². The summed E-state index contributed by atoms with van der Waals surface area (Å²) >= 11 is 7.70. The highest BCUT2D eigenvalue weighted by atomic mass is 35.5. The molecule has 2 aromatic heterocycles. The Hall–Kier alpha value is -2.96. The number of hydrogen-bond acceptors (Lipinski definition) is 5. The lowest BCUT2D eigenvalue weighted by atomic mass is 10.1. The van der Waals surface area contributed by atoms with E-state index in [2.05, 4.69) is 11.9 Å². The number of fused-ring (bicyclic) bond motifs is 1. The number of unbranched alkanes of at least 4 members (excludes halogenated alkanes) is 1. The molecule has 0 saturated heterocycles. The molecule has 0 saturated carbocycles. The minimum absolute atomic E-state index is 0.121. The molecule has 0 atom stereocenters. The van der Waals surface area contributed by atoms with Gasteiger partial charge in [-0.2, -0.15) is 0 Å². The number of ether oxygens (including phenoxy) is 1. The van der Waals surface area contributed by atoms with Crippen LogP contribution in [0.4, 0.5) is 5.13 Å². The largest absolute Gasteiger partial charge is 0.494 e. The van der Waals surface area contributed by atoms with Crippen molar-refractivity contribution in [3.8, 4) is 5.75 Å². The number of aryl methyl sites for hydroxylation is 1. The minimum atomic E-state index is -0.121. The number of aromatic nitrogens is 2. The molecule has 0 aliphatic carbocycles. The zero-order valence-corrected chi connectivity index (χ0v) is 19.6. The van der Waals surface area contributed by atoms with Gasteiger partial charge >= 0.3 is 0 Å². The summed E-state index contributed by atoms with van der Waals surface area (Å²) in [6.45, 7) is 5.16. The first-order valence-corrected chi connectivity index (χ1v) is 11.7. The van der Waals surface area contributed by atoms with Gasteiger partial charge in [0.1, 0.15) is 5.75 Å². The van der Waals surface area contributed by atoms with Crippen molar-refractivity contribution in [3.05, 3.63) is 82.6 Å². The quantitative estimate of drug-likeness (QED) is 0.272. The van der Waals surface area contributed by atoms with Crippen LogP contribution in [0.15, 0.2) is 60.9 Å². The Morgan fingerprint density at radius 3 is 2.59 bits per heavy atom. The number of nitrogens with zero attached hydrogens (tertiary/aromatic N) is 3. The molecule has 32 heavy (non-hydrogen) atoms. The van der Waals surface area contributed by atoms with Gasteiger partial charge in [-0.3, -0.25) is 14.7 Å². The summed E-state index contributed by atoms with van der Waals surface area (Å²) in [6.07, 6.45) is 5.53. The number of carbonyl (C=O) groups is 1. The number of anilines is 1. The zero-order chi connectivity index (χ0) is 22.5. The third kappa shape index (κ3) is 5.09. The average Bonchev–Trinajstić information content (AvgIpc) is 3.22. The second-order valence-corrected chi connectivity index (χ2v) is 8.98. The van der Waals surface area contributed by atoms with E-state index in [0.29, 0.717) is 28.9 Å². The van der Waals surface area contributed by atoms with Gasteiger partial charge in [0.05, 0.1) is 23.4 Å². The summed E-state index contributed by atoms with van der Waals surface area (Å²) in [5, 5.41) is 1.30. The zero-order valence-electron chi connectivity index (χ0n) is 18.0. The molecular formula is C25H24ClN3O2S. The molecule has 0 spiro atoms. The third-order valence-electron chi connectivity index (χ3n) is 5.07. The van der Waals surface area contributed by atoms with E-state index in [1.54, 1.807) is 29.4 Å². The van der Waals surface area contributed by atoms with Crippen molar-refractivity contribution in [2.45, 2.75) is 33.2 Å². The van der Waals surface area contributed by atoms with Crippen LogP contribution in [0, 0.1) is 6.92 Å². The lowest BCUT2D eigenvalue weighted by Crippen LogP contribution is -2.30. The van der Waals surface area contributed by atoms with Crippen LogP contribution in [0.1, 0.15) is 41.3 Å². The van der Waals surface area contributed by atoms with Crippen molar-refractivity contribution in [2.24, 2.45) is 0 Å². The molecule has 7 heteroatoms. The summed E-state index contributed by atoms with van der Waals surface area (Å²) in [4.78, 5) is 24.1. The molecule has 2 heterocycles. The van der Waals surface area contributed by atoms with Crippen LogP contribution in [-0.4, -0.2) is 22.5 Å². The SMILES string of the molecule is CCCCOc1ccc(C(=O)N(Cc2ccncc2)c2nc3c(C)cc(Cl)cc3s2)cc1. The summed E-state index contributed by atoms with van der Waals surface area (Å²) in [7, 11) is 0. The Morgan fingerprint density at radius 2 is 1.88 bits per heavy atom. The molecule has 1 amide bonds. The van der Waals surface area contributed by atoms with Crippen LogP contribution >= 0.6 is 22.9 Å². The van der Waals surface area contributed by atoms with Gasteiger partial charge in [0, 0.05) is 23.0 Å². The maximum atomic E-state index is 13.6. The first-order chi connectivity index (χ1) is 15.5. The van der Waals surface area contributed by atoms with Crippen LogP contribution in [0.25, 0.3) is 10.2 Å². The number of pyridine rings is 1. The summed E-state index contributed by atoms with van der Waals surface area (Å²) in [6, 6.07) is 14.9. The fourth-order valence-electron chi connectivity index (χ4n) is 3.34. The fourth-order valence-corrected chi connectivity index (χ4v) is 4.76. The van der Waals surface area contributed by atoms with E-state index in [-0.39, 0.29) is 5.91 Å². The van der Waals surface area contributed by atoms with E-state index >= 15 is 0 Å². The first kappa shape index (κ1) is 22.2. The fraction of sp³-hybridized carbons (Fsp3) is 0.240. The van der Waals surface area contributed by atoms with Crippen LogP contribution in [-0.2, 0) is 6.54 Å². The molecule has 4 rings (SSSR count). The standard InChI is InChI=1S/C25H24ClN3O2S/c1-3-4-13-31-21-7-5-19(6-8-21)24(30)29(16-18-9-11-27-12-10-18)25-28-23-17(2)14-20(26)15-22(23)32-25/h5-12,14-15H,3-4,13,16H2,1-2H3. The molecule has 164 valence electrons. The molecule has 0 N–H and O–H groups in total. The topological polar surface area (TPSA) is 55.3 Å². The smallest absolute Gasteiger partial charge is 0.260 e. The predicted molar refractivity (Wildman–Crippen MR) is 131 cm³/mol. The highest BCUT2D eigenvalue weighted by Crippen LogP contribution is 2.34. The predicted octanol–water partition coefficient (Wildman–Crippen LogP) is 6.68. The second kappa shape index (κ2) is 10.1. The summed E-state index contributed by atoms with van der Waals surface area (Å²) in [5.41, 5.74) is 3.40. The number of benzene rings is 2. The lowest BCUT2D eigenvalue weighted by Gasteiger charge is -2.20. The van der Waals surface area contributed by atoms with Crippen LogP contribution in [0.3, 0.4) is 0 Å². The molecule has 0 fully saturated rings. The van der Waals surface area contributed by atoms with E-state index in [9.17, 15) is 4.79 Å². The number of amides is 1. The number of halogens is 1. The van der Waals surface area contributed by atoms with E-state index in [1.807, 2.05) is 43.3 Å². The molecule has 0 aliphatic heterocycles. The van der Waals surface area contributed by atoms with Gasteiger partial charge in [0.15, 0.2) is 5.13 Å². The van der Waals surface area contributed by atoms with Gasteiger partial charge in [-0.05, 0) is 73.0 Å². The van der Waals surface area contributed by atoms with Crippen LogP contribution < -0.4 is 9.64 Å². The third-order valence-corrected chi connectivity index (χ3v) is 6.32.